The summed E-state index contributed by atoms with van der Waals surface area (Å²) in [6, 6.07) is 0. The molecule has 0 amide bonds. The number of hydrogen-bond donors (Lipinski definition) is 1. The van der Waals surface area contributed by atoms with Crippen LogP contribution in [0.2, 0.25) is 0 Å². The van der Waals surface area contributed by atoms with Crippen LogP contribution in [0.4, 0.5) is 0 Å². The quantitative estimate of drug-likeness (QED) is 0.552. The maximum absolute atomic E-state index is 11.5. The Morgan fingerprint density at radius 1 is 1.60 bits per heavy atom. The van der Waals surface area contributed by atoms with E-state index in [2.05, 4.69) is 9.97 Å². The summed E-state index contributed by atoms with van der Waals surface area (Å²) in [5, 5.41) is 10.9. The van der Waals surface area contributed by atoms with Crippen molar-refractivity contribution in [3.05, 3.63) is 21.6 Å². The Hall–Kier alpha value is -1.30. The molecule has 1 aromatic heterocycles. The molecule has 1 rings (SSSR count). The van der Waals surface area contributed by atoms with Gasteiger partial charge in [0.1, 0.15) is 0 Å². The predicted octanol–water partition coefficient (Wildman–Crippen LogP) is -0.517. The second kappa shape index (κ2) is 4.97. The molecule has 0 saturated carbocycles. The molecule has 0 bridgehead atoms. The highest BCUT2D eigenvalue weighted by Crippen LogP contribution is 2.11. The van der Waals surface area contributed by atoms with Crippen LogP contribution in [0.5, 0.6) is 0 Å². The van der Waals surface area contributed by atoms with Gasteiger partial charge in [0.25, 0.3) is 5.56 Å². The first-order valence-electron chi connectivity index (χ1n) is 4.47. The molecule has 15 heavy (non-hydrogen) atoms. The smallest absolute Gasteiger partial charge is 0.255 e. The van der Waals surface area contributed by atoms with Crippen LogP contribution >= 0.6 is 11.8 Å². The first-order valence-corrected chi connectivity index (χ1v) is 5.45. The zero-order chi connectivity index (χ0) is 11.4. The topological polar surface area (TPSA) is 85.9 Å². The summed E-state index contributed by atoms with van der Waals surface area (Å²) in [5.74, 6) is -0.483. The van der Waals surface area contributed by atoms with E-state index in [4.69, 9.17) is 0 Å². The van der Waals surface area contributed by atoms with Gasteiger partial charge in [-0.1, -0.05) is 18.7 Å². The van der Waals surface area contributed by atoms with E-state index in [-0.39, 0.29) is 5.56 Å². The number of carboxylic acids is 1. The number of H-pyrrole nitrogens is 1. The molecule has 1 heterocycles. The summed E-state index contributed by atoms with van der Waals surface area (Å²) in [7, 11) is 0. The predicted molar refractivity (Wildman–Crippen MR) is 54.7 cm³/mol. The van der Waals surface area contributed by atoms with E-state index in [9.17, 15) is 14.7 Å². The SMILES string of the molecule is CCSc1nc(C)c(CC(=O)[O-])c(=O)[nH]1. The Bertz CT molecular complexity index is 428. The highest BCUT2D eigenvalue weighted by Gasteiger charge is 2.07. The van der Waals surface area contributed by atoms with Crippen molar-refractivity contribution >= 4 is 17.7 Å². The van der Waals surface area contributed by atoms with Gasteiger partial charge in [-0.3, -0.25) is 4.79 Å². The zero-order valence-corrected chi connectivity index (χ0v) is 9.31. The molecular weight excluding hydrogens is 216 g/mol. The molecule has 0 aliphatic rings. The van der Waals surface area contributed by atoms with Crippen molar-refractivity contribution in [2.45, 2.75) is 25.4 Å². The summed E-state index contributed by atoms with van der Waals surface area (Å²) in [6.45, 7) is 3.56. The number of nitrogens with zero attached hydrogens (tertiary/aromatic N) is 1. The van der Waals surface area contributed by atoms with Gasteiger partial charge in [-0.2, -0.15) is 0 Å². The molecule has 0 aromatic carbocycles. The monoisotopic (exact) mass is 227 g/mol. The van der Waals surface area contributed by atoms with Gasteiger partial charge in [-0.15, -0.1) is 0 Å². The summed E-state index contributed by atoms with van der Waals surface area (Å²) in [5.41, 5.74) is 0.206. The van der Waals surface area contributed by atoms with Gasteiger partial charge in [-0.05, 0) is 12.7 Å². The standard InChI is InChI=1S/C9H12N2O3S/c1-3-15-9-10-5(2)6(4-7(12)13)8(14)11-9/h3-4H2,1-2H3,(H,12,13)(H,10,11,14)/p-1. The minimum absolute atomic E-state index is 0.162. The molecule has 1 N–H and O–H groups in total. The summed E-state index contributed by atoms with van der Waals surface area (Å²) < 4.78 is 0. The molecule has 82 valence electrons. The molecule has 6 heteroatoms. The molecular formula is C9H11N2O3S-. The van der Waals surface area contributed by atoms with Crippen molar-refractivity contribution in [2.24, 2.45) is 0 Å². The average Bonchev–Trinajstić information content (AvgIpc) is 2.11. The number of aromatic nitrogens is 2. The Labute approximate surface area is 90.9 Å². The fourth-order valence-electron chi connectivity index (χ4n) is 1.14. The number of carboxylic acid groups (broad SMARTS) is 1. The lowest BCUT2D eigenvalue weighted by Gasteiger charge is -2.06. The number of hydrogen-bond acceptors (Lipinski definition) is 5. The van der Waals surface area contributed by atoms with Gasteiger partial charge in [0.15, 0.2) is 5.16 Å². The van der Waals surface area contributed by atoms with Crippen LogP contribution in [0.25, 0.3) is 0 Å². The fourth-order valence-corrected chi connectivity index (χ4v) is 1.78. The van der Waals surface area contributed by atoms with Crippen molar-refractivity contribution in [3.8, 4) is 0 Å². The second-order valence-electron chi connectivity index (χ2n) is 2.92. The molecule has 0 atom stereocenters. The van der Waals surface area contributed by atoms with E-state index in [0.29, 0.717) is 10.9 Å². The zero-order valence-electron chi connectivity index (χ0n) is 8.49. The third kappa shape index (κ3) is 3.09. The van der Waals surface area contributed by atoms with Crippen molar-refractivity contribution in [3.63, 3.8) is 0 Å². The largest absolute Gasteiger partial charge is 0.550 e. The molecule has 1 aromatic rings. The van der Waals surface area contributed by atoms with E-state index in [1.807, 2.05) is 6.92 Å². The van der Waals surface area contributed by atoms with E-state index in [1.54, 1.807) is 6.92 Å². The second-order valence-corrected chi connectivity index (χ2v) is 4.17. The van der Waals surface area contributed by atoms with Gasteiger partial charge in [0, 0.05) is 23.6 Å². The maximum atomic E-state index is 11.5. The first-order chi connectivity index (χ1) is 7.04. The number of thioether (sulfide) groups is 1. The van der Waals surface area contributed by atoms with Crippen LogP contribution in [0.1, 0.15) is 18.2 Å². The number of aryl methyl sites for hydroxylation is 1. The molecule has 0 radical (unpaired) electrons. The summed E-state index contributed by atoms with van der Waals surface area (Å²) >= 11 is 1.40. The number of aromatic amines is 1. The average molecular weight is 227 g/mol. The lowest BCUT2D eigenvalue weighted by atomic mass is 10.2. The number of rotatable bonds is 4. The molecule has 0 aliphatic heterocycles. The van der Waals surface area contributed by atoms with Crippen LogP contribution < -0.4 is 10.7 Å². The minimum atomic E-state index is -1.28. The highest BCUT2D eigenvalue weighted by atomic mass is 32.2. The Morgan fingerprint density at radius 3 is 2.73 bits per heavy atom. The maximum Gasteiger partial charge on any atom is 0.255 e. The van der Waals surface area contributed by atoms with Crippen molar-refractivity contribution in [1.82, 2.24) is 9.97 Å². The third-order valence-electron chi connectivity index (χ3n) is 1.80. The van der Waals surface area contributed by atoms with E-state index >= 15 is 0 Å². The van der Waals surface area contributed by atoms with Crippen LogP contribution in [0.15, 0.2) is 9.95 Å². The lowest BCUT2D eigenvalue weighted by molar-refractivity contribution is -0.304. The fraction of sp³-hybridized carbons (Fsp3) is 0.444. The van der Waals surface area contributed by atoms with E-state index in [0.717, 1.165) is 5.75 Å². The first kappa shape index (κ1) is 11.8. The summed E-state index contributed by atoms with van der Waals surface area (Å²) in [6.07, 6.45) is -0.398. The molecule has 0 fully saturated rings. The molecule has 0 saturated heterocycles. The highest BCUT2D eigenvalue weighted by molar-refractivity contribution is 7.99. The van der Waals surface area contributed by atoms with Crippen LogP contribution in [-0.2, 0) is 11.2 Å². The minimum Gasteiger partial charge on any atom is -0.550 e. The summed E-state index contributed by atoms with van der Waals surface area (Å²) in [4.78, 5) is 28.5. The molecule has 0 unspecified atom stereocenters. The van der Waals surface area contributed by atoms with Gasteiger partial charge in [-0.25, -0.2) is 4.98 Å². The Morgan fingerprint density at radius 2 is 2.27 bits per heavy atom. The van der Waals surface area contributed by atoms with Gasteiger partial charge in [0.2, 0.25) is 0 Å². The number of carbonyl (C=O) groups is 1. The molecule has 0 aliphatic carbocycles. The Balaban J connectivity index is 3.10. The number of aliphatic carboxylic acids is 1. The van der Waals surface area contributed by atoms with Gasteiger partial charge >= 0.3 is 0 Å². The van der Waals surface area contributed by atoms with E-state index in [1.165, 1.54) is 11.8 Å². The third-order valence-corrected chi connectivity index (χ3v) is 2.56. The van der Waals surface area contributed by atoms with Crippen LogP contribution in [0.3, 0.4) is 0 Å². The Kier molecular flexibility index (Phi) is 3.90. The van der Waals surface area contributed by atoms with Crippen LogP contribution in [0, 0.1) is 6.92 Å². The number of carbonyl (C=O) groups excluding carboxylic acids is 1. The van der Waals surface area contributed by atoms with Crippen molar-refractivity contribution < 1.29 is 9.90 Å². The van der Waals surface area contributed by atoms with Crippen molar-refractivity contribution in [2.75, 3.05) is 5.75 Å². The van der Waals surface area contributed by atoms with Crippen LogP contribution in [-0.4, -0.2) is 21.7 Å². The van der Waals surface area contributed by atoms with Gasteiger partial charge < -0.3 is 14.9 Å². The van der Waals surface area contributed by atoms with Gasteiger partial charge in [0.05, 0.1) is 0 Å². The normalized spacial score (nSPS) is 10.3. The lowest BCUT2D eigenvalue weighted by Crippen LogP contribution is -2.29. The molecule has 0 spiro atoms. The van der Waals surface area contributed by atoms with Crippen molar-refractivity contribution in [1.29, 1.82) is 0 Å². The molecule has 5 nitrogen and oxygen atoms in total. The number of nitrogens with one attached hydrogen (secondary N) is 1. The van der Waals surface area contributed by atoms with E-state index < -0.39 is 17.9 Å².